The zero-order valence-corrected chi connectivity index (χ0v) is 8.75. The van der Waals surface area contributed by atoms with Crippen molar-refractivity contribution in [2.24, 2.45) is 7.05 Å². The van der Waals surface area contributed by atoms with Gasteiger partial charge in [0.25, 0.3) is 5.56 Å². The van der Waals surface area contributed by atoms with Crippen LogP contribution in [-0.2, 0) is 7.05 Å². The fourth-order valence-electron chi connectivity index (χ4n) is 1.43. The summed E-state index contributed by atoms with van der Waals surface area (Å²) < 4.78 is 1.26. The number of aryl methyl sites for hydroxylation is 1. The van der Waals surface area contributed by atoms with E-state index in [0.29, 0.717) is 10.6 Å². The Hall–Kier alpha value is -1.68. The monoisotopic (exact) mass is 224 g/mol. The topological polar surface area (TPSA) is 58.0 Å². The van der Waals surface area contributed by atoms with Gasteiger partial charge in [0.1, 0.15) is 5.56 Å². The molecule has 4 nitrogen and oxygen atoms in total. The molecule has 5 heteroatoms. The molecule has 78 valence electrons. The molecule has 0 saturated heterocycles. The summed E-state index contributed by atoms with van der Waals surface area (Å²) >= 11 is 5.81. The van der Waals surface area contributed by atoms with Crippen molar-refractivity contribution in [1.29, 1.82) is 0 Å². The van der Waals surface area contributed by atoms with E-state index in [2.05, 4.69) is 5.10 Å². The molecule has 0 aliphatic heterocycles. The number of hydrogen-bond acceptors (Lipinski definition) is 2. The number of aromatic hydroxyl groups is 1. The first-order valence-electron chi connectivity index (χ1n) is 4.33. The molecule has 1 aromatic carbocycles. The van der Waals surface area contributed by atoms with E-state index >= 15 is 0 Å². The van der Waals surface area contributed by atoms with Crippen LogP contribution >= 0.6 is 11.6 Å². The Morgan fingerprint density at radius 2 is 2.20 bits per heavy atom. The number of H-pyrrole nitrogens is 1. The molecule has 0 amide bonds. The number of halogens is 1. The third-order valence-corrected chi connectivity index (χ3v) is 2.39. The highest BCUT2D eigenvalue weighted by Gasteiger charge is 2.13. The summed E-state index contributed by atoms with van der Waals surface area (Å²) in [5, 5.41) is 12.6. The molecule has 15 heavy (non-hydrogen) atoms. The highest BCUT2D eigenvalue weighted by molar-refractivity contribution is 6.30. The van der Waals surface area contributed by atoms with E-state index in [-0.39, 0.29) is 17.0 Å². The van der Waals surface area contributed by atoms with Gasteiger partial charge < -0.3 is 5.11 Å². The zero-order chi connectivity index (χ0) is 11.0. The maximum absolute atomic E-state index is 11.5. The number of aromatic amines is 1. The molecular weight excluding hydrogens is 216 g/mol. The minimum atomic E-state index is -0.336. The Morgan fingerprint density at radius 1 is 1.47 bits per heavy atom. The first-order valence-corrected chi connectivity index (χ1v) is 4.71. The third-order valence-electron chi connectivity index (χ3n) is 2.15. The molecule has 1 heterocycles. The van der Waals surface area contributed by atoms with Crippen LogP contribution in [0.5, 0.6) is 5.88 Å². The highest BCUT2D eigenvalue weighted by Crippen LogP contribution is 2.26. The number of nitrogens with zero attached hydrogens (tertiary/aromatic N) is 1. The van der Waals surface area contributed by atoms with Crippen molar-refractivity contribution in [2.75, 3.05) is 0 Å². The highest BCUT2D eigenvalue weighted by atomic mass is 35.5. The number of rotatable bonds is 1. The van der Waals surface area contributed by atoms with Crippen molar-refractivity contribution in [3.63, 3.8) is 0 Å². The summed E-state index contributed by atoms with van der Waals surface area (Å²) in [6.07, 6.45) is 0. The molecule has 2 rings (SSSR count). The summed E-state index contributed by atoms with van der Waals surface area (Å²) in [7, 11) is 1.56. The zero-order valence-electron chi connectivity index (χ0n) is 7.99. The van der Waals surface area contributed by atoms with Gasteiger partial charge in [-0.2, -0.15) is 0 Å². The molecule has 2 N–H and O–H groups in total. The van der Waals surface area contributed by atoms with Gasteiger partial charge in [-0.1, -0.05) is 23.7 Å². The minimum Gasteiger partial charge on any atom is -0.493 e. The normalized spacial score (nSPS) is 10.5. The first-order chi connectivity index (χ1) is 7.09. The summed E-state index contributed by atoms with van der Waals surface area (Å²) in [6.45, 7) is 0. The quantitative estimate of drug-likeness (QED) is 0.775. The van der Waals surface area contributed by atoms with E-state index < -0.39 is 0 Å². The Balaban J connectivity index is 2.69. The lowest BCUT2D eigenvalue weighted by atomic mass is 10.1. The lowest BCUT2D eigenvalue weighted by Crippen LogP contribution is -2.03. The van der Waals surface area contributed by atoms with E-state index in [9.17, 15) is 9.90 Å². The van der Waals surface area contributed by atoms with Crippen LogP contribution in [-0.4, -0.2) is 14.9 Å². The summed E-state index contributed by atoms with van der Waals surface area (Å²) in [4.78, 5) is 11.5. The standard InChI is InChI=1S/C10H9ClN2O2/c1-13-10(15)8(9(14)12-13)6-3-2-4-7(11)5-6/h2-5,15H,1H3,(H,12,14). The second-order valence-corrected chi connectivity index (χ2v) is 3.65. The third kappa shape index (κ3) is 1.64. The molecule has 0 spiro atoms. The van der Waals surface area contributed by atoms with Gasteiger partial charge in [-0.25, -0.2) is 0 Å². The van der Waals surface area contributed by atoms with E-state index in [1.54, 1.807) is 31.3 Å². The van der Waals surface area contributed by atoms with Gasteiger partial charge in [-0.3, -0.25) is 14.6 Å². The summed E-state index contributed by atoms with van der Waals surface area (Å²) in [5.74, 6) is -0.0951. The second kappa shape index (κ2) is 3.47. The molecule has 1 aromatic heterocycles. The second-order valence-electron chi connectivity index (χ2n) is 3.21. The predicted molar refractivity (Wildman–Crippen MR) is 58.1 cm³/mol. The maximum Gasteiger partial charge on any atom is 0.275 e. The molecular formula is C10H9ClN2O2. The molecule has 0 bridgehead atoms. The Morgan fingerprint density at radius 3 is 2.73 bits per heavy atom. The van der Waals surface area contributed by atoms with E-state index in [0.717, 1.165) is 0 Å². The van der Waals surface area contributed by atoms with Crippen LogP contribution < -0.4 is 5.56 Å². The fraction of sp³-hybridized carbons (Fsp3) is 0.100. The van der Waals surface area contributed by atoms with Gasteiger partial charge in [0.2, 0.25) is 5.88 Å². The fourth-order valence-corrected chi connectivity index (χ4v) is 1.62. The van der Waals surface area contributed by atoms with Crippen molar-refractivity contribution >= 4 is 11.6 Å². The summed E-state index contributed by atoms with van der Waals surface area (Å²) in [6, 6.07) is 6.78. The lowest BCUT2D eigenvalue weighted by molar-refractivity contribution is 0.420. The van der Waals surface area contributed by atoms with Crippen LogP contribution in [0, 0.1) is 0 Å². The van der Waals surface area contributed by atoms with Gasteiger partial charge in [-0.05, 0) is 17.7 Å². The van der Waals surface area contributed by atoms with Gasteiger partial charge in [0.15, 0.2) is 0 Å². The predicted octanol–water partition coefficient (Wildman–Crippen LogP) is 1.74. The molecule has 0 atom stereocenters. The molecule has 0 fully saturated rings. The number of aromatic nitrogens is 2. The van der Waals surface area contributed by atoms with E-state index in [1.165, 1.54) is 4.68 Å². The van der Waals surface area contributed by atoms with Gasteiger partial charge >= 0.3 is 0 Å². The molecule has 0 aliphatic rings. The number of nitrogens with one attached hydrogen (secondary N) is 1. The van der Waals surface area contributed by atoms with Crippen molar-refractivity contribution < 1.29 is 5.11 Å². The van der Waals surface area contributed by atoms with Crippen LogP contribution in [0.15, 0.2) is 29.1 Å². The molecule has 0 unspecified atom stereocenters. The van der Waals surface area contributed by atoms with Crippen LogP contribution in [0.25, 0.3) is 11.1 Å². The number of benzene rings is 1. The SMILES string of the molecule is Cn1[nH]c(=O)c(-c2cccc(Cl)c2)c1O. The van der Waals surface area contributed by atoms with E-state index in [1.807, 2.05) is 0 Å². The Kier molecular flexibility index (Phi) is 2.28. The largest absolute Gasteiger partial charge is 0.493 e. The van der Waals surface area contributed by atoms with Gasteiger partial charge in [-0.15, -0.1) is 0 Å². The first kappa shape index (κ1) is 9.86. The number of hydrogen-bond donors (Lipinski definition) is 2. The molecule has 2 aromatic rings. The molecule has 0 saturated carbocycles. The average molecular weight is 225 g/mol. The summed E-state index contributed by atoms with van der Waals surface area (Å²) in [5.41, 5.74) is 0.499. The van der Waals surface area contributed by atoms with Crippen molar-refractivity contribution in [3.8, 4) is 17.0 Å². The maximum atomic E-state index is 11.5. The van der Waals surface area contributed by atoms with Crippen molar-refractivity contribution in [3.05, 3.63) is 39.6 Å². The lowest BCUT2D eigenvalue weighted by Gasteiger charge is -1.99. The minimum absolute atomic E-state index is 0.0951. The van der Waals surface area contributed by atoms with Gasteiger partial charge in [0.05, 0.1) is 0 Å². The van der Waals surface area contributed by atoms with Crippen molar-refractivity contribution in [2.45, 2.75) is 0 Å². The Bertz CT molecular complexity index is 557. The van der Waals surface area contributed by atoms with Crippen molar-refractivity contribution in [1.82, 2.24) is 9.78 Å². The Labute approximate surface area is 90.7 Å². The van der Waals surface area contributed by atoms with Crippen LogP contribution in [0.1, 0.15) is 0 Å². The van der Waals surface area contributed by atoms with Gasteiger partial charge in [0, 0.05) is 12.1 Å². The smallest absolute Gasteiger partial charge is 0.275 e. The molecule has 0 radical (unpaired) electrons. The van der Waals surface area contributed by atoms with Crippen LogP contribution in [0.4, 0.5) is 0 Å². The van der Waals surface area contributed by atoms with E-state index in [4.69, 9.17) is 11.6 Å². The molecule has 0 aliphatic carbocycles. The average Bonchev–Trinajstić information content (AvgIpc) is 2.41. The van der Waals surface area contributed by atoms with Crippen LogP contribution in [0.2, 0.25) is 5.02 Å². The van der Waals surface area contributed by atoms with Crippen LogP contribution in [0.3, 0.4) is 0 Å².